The fourth-order valence-electron chi connectivity index (χ4n) is 3.58. The molecule has 0 spiro atoms. The molecule has 0 atom stereocenters. The Hall–Kier alpha value is -3.67. The van der Waals surface area contributed by atoms with E-state index in [0.29, 0.717) is 30.8 Å². The summed E-state index contributed by atoms with van der Waals surface area (Å²) in [6.07, 6.45) is 1.44. The van der Waals surface area contributed by atoms with Crippen LogP contribution in [0.2, 0.25) is 0 Å². The SMILES string of the molecule is O=C(NCCc1ccc(F)cc1)Nc1cccc(C(=O)N2CCc3ccccc32)c1. The van der Waals surface area contributed by atoms with Gasteiger partial charge in [0.25, 0.3) is 5.91 Å². The number of nitrogens with zero attached hydrogens (tertiary/aromatic N) is 1. The summed E-state index contributed by atoms with van der Waals surface area (Å²) in [5, 5.41) is 5.53. The first-order valence-electron chi connectivity index (χ1n) is 9.89. The van der Waals surface area contributed by atoms with Crippen LogP contribution in [0, 0.1) is 5.82 Å². The Labute approximate surface area is 174 Å². The largest absolute Gasteiger partial charge is 0.338 e. The number of hydrogen-bond donors (Lipinski definition) is 2. The molecule has 5 nitrogen and oxygen atoms in total. The van der Waals surface area contributed by atoms with E-state index in [1.807, 2.05) is 24.3 Å². The number of carbonyl (C=O) groups is 2. The summed E-state index contributed by atoms with van der Waals surface area (Å²) in [6, 6.07) is 20.7. The summed E-state index contributed by atoms with van der Waals surface area (Å²) in [4.78, 5) is 26.9. The van der Waals surface area contributed by atoms with Crippen LogP contribution in [-0.4, -0.2) is 25.0 Å². The molecule has 0 saturated carbocycles. The third-order valence-corrected chi connectivity index (χ3v) is 5.11. The van der Waals surface area contributed by atoms with Crippen LogP contribution in [0.1, 0.15) is 21.5 Å². The fraction of sp³-hybridized carbons (Fsp3) is 0.167. The fourth-order valence-corrected chi connectivity index (χ4v) is 3.58. The number of halogens is 1. The van der Waals surface area contributed by atoms with Crippen LogP contribution < -0.4 is 15.5 Å². The molecule has 1 heterocycles. The lowest BCUT2D eigenvalue weighted by Crippen LogP contribution is -2.31. The number of urea groups is 1. The summed E-state index contributed by atoms with van der Waals surface area (Å²) in [5.74, 6) is -0.364. The quantitative estimate of drug-likeness (QED) is 0.664. The highest BCUT2D eigenvalue weighted by atomic mass is 19.1. The Kier molecular flexibility index (Phi) is 5.75. The minimum Gasteiger partial charge on any atom is -0.338 e. The van der Waals surface area contributed by atoms with Gasteiger partial charge in [0.2, 0.25) is 0 Å². The lowest BCUT2D eigenvalue weighted by atomic mass is 10.1. The molecular weight excluding hydrogens is 381 g/mol. The highest BCUT2D eigenvalue weighted by molar-refractivity contribution is 6.08. The van der Waals surface area contributed by atoms with Crippen LogP contribution in [-0.2, 0) is 12.8 Å². The van der Waals surface area contributed by atoms with Gasteiger partial charge in [0.15, 0.2) is 0 Å². The van der Waals surface area contributed by atoms with E-state index in [2.05, 4.69) is 10.6 Å². The van der Waals surface area contributed by atoms with Crippen molar-refractivity contribution in [1.82, 2.24) is 5.32 Å². The van der Waals surface area contributed by atoms with Crippen molar-refractivity contribution in [3.05, 3.63) is 95.3 Å². The second-order valence-corrected chi connectivity index (χ2v) is 7.17. The van der Waals surface area contributed by atoms with Crippen molar-refractivity contribution < 1.29 is 14.0 Å². The van der Waals surface area contributed by atoms with Crippen LogP contribution in [0.4, 0.5) is 20.6 Å². The molecule has 2 N–H and O–H groups in total. The molecule has 3 aromatic carbocycles. The van der Waals surface area contributed by atoms with Crippen molar-refractivity contribution in [3.63, 3.8) is 0 Å². The van der Waals surface area contributed by atoms with E-state index < -0.39 is 0 Å². The molecule has 1 aliphatic heterocycles. The lowest BCUT2D eigenvalue weighted by Gasteiger charge is -2.18. The topological polar surface area (TPSA) is 61.4 Å². The molecule has 152 valence electrons. The number of rotatable bonds is 5. The van der Waals surface area contributed by atoms with Gasteiger partial charge in [-0.2, -0.15) is 0 Å². The van der Waals surface area contributed by atoms with Gasteiger partial charge in [-0.1, -0.05) is 36.4 Å². The number of amides is 3. The lowest BCUT2D eigenvalue weighted by molar-refractivity contribution is 0.0989. The van der Waals surface area contributed by atoms with Crippen molar-refractivity contribution in [1.29, 1.82) is 0 Å². The number of hydrogen-bond acceptors (Lipinski definition) is 2. The zero-order chi connectivity index (χ0) is 20.9. The number of benzene rings is 3. The van der Waals surface area contributed by atoms with Crippen molar-refractivity contribution in [3.8, 4) is 0 Å². The molecule has 0 fully saturated rings. The number of fused-ring (bicyclic) bond motifs is 1. The second-order valence-electron chi connectivity index (χ2n) is 7.17. The number of carbonyl (C=O) groups excluding carboxylic acids is 2. The summed E-state index contributed by atoms with van der Waals surface area (Å²) in [6.45, 7) is 1.07. The Balaban J connectivity index is 1.34. The molecule has 3 aromatic rings. The van der Waals surface area contributed by atoms with Gasteiger partial charge in [-0.05, 0) is 60.4 Å². The minimum atomic E-state index is -0.353. The van der Waals surface area contributed by atoms with Gasteiger partial charge in [0.05, 0.1) is 0 Å². The van der Waals surface area contributed by atoms with E-state index in [-0.39, 0.29) is 17.8 Å². The van der Waals surface area contributed by atoms with E-state index >= 15 is 0 Å². The summed E-state index contributed by atoms with van der Waals surface area (Å²) < 4.78 is 12.9. The molecule has 3 amide bonds. The molecule has 0 saturated heterocycles. The van der Waals surface area contributed by atoms with E-state index in [1.165, 1.54) is 17.7 Å². The zero-order valence-electron chi connectivity index (χ0n) is 16.4. The number of nitrogens with one attached hydrogen (secondary N) is 2. The van der Waals surface area contributed by atoms with Crippen LogP contribution >= 0.6 is 0 Å². The molecule has 6 heteroatoms. The first-order chi connectivity index (χ1) is 14.6. The van der Waals surface area contributed by atoms with Crippen LogP contribution in [0.15, 0.2) is 72.8 Å². The van der Waals surface area contributed by atoms with Gasteiger partial charge in [0.1, 0.15) is 5.82 Å². The van der Waals surface area contributed by atoms with E-state index in [0.717, 1.165) is 17.7 Å². The molecular formula is C24H22FN3O2. The average Bonchev–Trinajstić information content (AvgIpc) is 3.19. The monoisotopic (exact) mass is 403 g/mol. The predicted octanol–water partition coefficient (Wildman–Crippen LogP) is 4.39. The number of para-hydroxylation sites is 1. The summed E-state index contributed by atoms with van der Waals surface area (Å²) in [7, 11) is 0. The van der Waals surface area contributed by atoms with Crippen LogP contribution in [0.5, 0.6) is 0 Å². The molecule has 0 unspecified atom stereocenters. The molecule has 1 aliphatic rings. The van der Waals surface area contributed by atoms with E-state index in [9.17, 15) is 14.0 Å². The van der Waals surface area contributed by atoms with Crippen molar-refractivity contribution >= 4 is 23.3 Å². The van der Waals surface area contributed by atoms with Gasteiger partial charge in [-0.15, -0.1) is 0 Å². The molecule has 30 heavy (non-hydrogen) atoms. The maximum absolute atomic E-state index is 13.0. The van der Waals surface area contributed by atoms with Crippen LogP contribution in [0.25, 0.3) is 0 Å². The van der Waals surface area contributed by atoms with Gasteiger partial charge in [0, 0.05) is 30.0 Å². The highest BCUT2D eigenvalue weighted by Crippen LogP contribution is 2.29. The van der Waals surface area contributed by atoms with Crippen molar-refractivity contribution in [2.24, 2.45) is 0 Å². The molecule has 4 rings (SSSR count). The average molecular weight is 403 g/mol. The maximum Gasteiger partial charge on any atom is 0.319 e. The highest BCUT2D eigenvalue weighted by Gasteiger charge is 2.25. The van der Waals surface area contributed by atoms with Crippen LogP contribution in [0.3, 0.4) is 0 Å². The van der Waals surface area contributed by atoms with Gasteiger partial charge in [-0.3, -0.25) is 4.79 Å². The van der Waals surface area contributed by atoms with Gasteiger partial charge < -0.3 is 15.5 Å². The standard InChI is InChI=1S/C24H22FN3O2/c25-20-10-8-17(9-11-20)12-14-26-24(30)27-21-6-3-5-19(16-21)23(29)28-15-13-18-4-1-2-7-22(18)28/h1-11,16H,12-15H2,(H2,26,27,30). The Morgan fingerprint density at radius 2 is 1.77 bits per heavy atom. The maximum atomic E-state index is 13.0. The summed E-state index contributed by atoms with van der Waals surface area (Å²) >= 11 is 0. The summed E-state index contributed by atoms with van der Waals surface area (Å²) in [5.41, 5.74) is 4.12. The third kappa shape index (κ3) is 4.49. The minimum absolute atomic E-state index is 0.0830. The molecule has 0 bridgehead atoms. The predicted molar refractivity (Wildman–Crippen MR) is 115 cm³/mol. The molecule has 0 aromatic heterocycles. The normalized spacial score (nSPS) is 12.4. The Morgan fingerprint density at radius 3 is 2.60 bits per heavy atom. The number of anilines is 2. The zero-order valence-corrected chi connectivity index (χ0v) is 16.4. The molecule has 0 radical (unpaired) electrons. The first kappa shape index (κ1) is 19.6. The molecule has 0 aliphatic carbocycles. The van der Waals surface area contributed by atoms with Crippen molar-refractivity contribution in [2.45, 2.75) is 12.8 Å². The second kappa shape index (κ2) is 8.78. The first-order valence-corrected chi connectivity index (χ1v) is 9.89. The van der Waals surface area contributed by atoms with Crippen molar-refractivity contribution in [2.75, 3.05) is 23.3 Å². The van der Waals surface area contributed by atoms with Gasteiger partial charge in [-0.25, -0.2) is 9.18 Å². The van der Waals surface area contributed by atoms with Gasteiger partial charge >= 0.3 is 6.03 Å². The Morgan fingerprint density at radius 1 is 0.967 bits per heavy atom. The Bertz CT molecular complexity index is 1070. The van der Waals surface area contributed by atoms with E-state index in [1.54, 1.807) is 41.3 Å². The smallest absolute Gasteiger partial charge is 0.319 e. The third-order valence-electron chi connectivity index (χ3n) is 5.11. The van der Waals surface area contributed by atoms with E-state index in [4.69, 9.17) is 0 Å².